The fourth-order valence-electron chi connectivity index (χ4n) is 2.80. The third-order valence-corrected chi connectivity index (χ3v) is 5.59. The summed E-state index contributed by atoms with van der Waals surface area (Å²) < 4.78 is 44.0. The van der Waals surface area contributed by atoms with E-state index in [2.05, 4.69) is 4.72 Å². The number of ether oxygens (including phenoxy) is 2. The molecule has 7 heteroatoms. The summed E-state index contributed by atoms with van der Waals surface area (Å²) in [5.74, 6) is 1.57. The summed E-state index contributed by atoms with van der Waals surface area (Å²) in [5, 5.41) is 0.998. The van der Waals surface area contributed by atoms with Gasteiger partial charge in [0.1, 0.15) is 11.3 Å². The first-order valence-corrected chi connectivity index (χ1v) is 9.63. The maximum atomic E-state index is 12.6. The Morgan fingerprint density at radius 1 is 1.04 bits per heavy atom. The van der Waals surface area contributed by atoms with E-state index in [4.69, 9.17) is 13.9 Å². The van der Waals surface area contributed by atoms with Crippen molar-refractivity contribution in [1.82, 2.24) is 4.72 Å². The standard InChI is InChI=1S/C19H21NO5S/c1-13(10-15-11-14-6-4-5-7-17(14)25-15)20-26(21,22)16-8-9-18(23-2)19(12-16)24-3/h4-9,11-13,20H,10H2,1-3H3/t13-/m1/s1. The van der Waals surface area contributed by atoms with E-state index in [9.17, 15) is 8.42 Å². The van der Waals surface area contributed by atoms with Crippen LogP contribution in [0.1, 0.15) is 12.7 Å². The second-order valence-corrected chi connectivity index (χ2v) is 7.71. The number of methoxy groups -OCH3 is 2. The van der Waals surface area contributed by atoms with Crippen LogP contribution in [0.4, 0.5) is 0 Å². The second kappa shape index (κ2) is 7.39. The summed E-state index contributed by atoms with van der Waals surface area (Å²) >= 11 is 0. The van der Waals surface area contributed by atoms with Crippen molar-refractivity contribution in [2.45, 2.75) is 24.3 Å². The fourth-order valence-corrected chi connectivity index (χ4v) is 4.06. The van der Waals surface area contributed by atoms with Crippen LogP contribution < -0.4 is 14.2 Å². The molecule has 2 aromatic carbocycles. The molecule has 26 heavy (non-hydrogen) atoms. The molecule has 1 N–H and O–H groups in total. The van der Waals surface area contributed by atoms with Crippen molar-refractivity contribution < 1.29 is 22.3 Å². The van der Waals surface area contributed by atoms with Crippen molar-refractivity contribution in [2.75, 3.05) is 14.2 Å². The smallest absolute Gasteiger partial charge is 0.240 e. The monoisotopic (exact) mass is 375 g/mol. The Balaban J connectivity index is 1.76. The minimum atomic E-state index is -3.69. The molecule has 3 rings (SSSR count). The molecule has 0 aliphatic rings. The molecule has 0 saturated heterocycles. The van der Waals surface area contributed by atoms with Crippen molar-refractivity contribution in [3.05, 3.63) is 54.3 Å². The Kier molecular flexibility index (Phi) is 5.20. The Bertz CT molecular complexity index is 977. The van der Waals surface area contributed by atoms with Gasteiger partial charge >= 0.3 is 0 Å². The molecule has 1 atom stereocenters. The van der Waals surface area contributed by atoms with Gasteiger partial charge in [0.05, 0.1) is 19.1 Å². The van der Waals surface area contributed by atoms with Gasteiger partial charge in [-0.2, -0.15) is 0 Å². The lowest BCUT2D eigenvalue weighted by molar-refractivity contribution is 0.354. The average molecular weight is 375 g/mol. The Morgan fingerprint density at radius 2 is 1.77 bits per heavy atom. The molecule has 0 unspecified atom stereocenters. The second-order valence-electron chi connectivity index (χ2n) is 5.99. The van der Waals surface area contributed by atoms with E-state index in [0.29, 0.717) is 17.9 Å². The number of nitrogens with one attached hydrogen (secondary N) is 1. The largest absolute Gasteiger partial charge is 0.493 e. The molecule has 0 saturated carbocycles. The lowest BCUT2D eigenvalue weighted by Gasteiger charge is -2.14. The maximum absolute atomic E-state index is 12.6. The molecule has 138 valence electrons. The lowest BCUT2D eigenvalue weighted by Crippen LogP contribution is -2.34. The molecular formula is C19H21NO5S. The Hall–Kier alpha value is -2.51. The molecule has 0 bridgehead atoms. The molecule has 0 radical (unpaired) electrons. The van der Waals surface area contributed by atoms with Gasteiger partial charge in [-0.25, -0.2) is 13.1 Å². The molecule has 0 aliphatic carbocycles. The van der Waals surface area contributed by atoms with Gasteiger partial charge in [0.15, 0.2) is 11.5 Å². The number of fused-ring (bicyclic) bond motifs is 1. The summed E-state index contributed by atoms with van der Waals surface area (Å²) in [7, 11) is -0.731. The summed E-state index contributed by atoms with van der Waals surface area (Å²) in [6, 6.07) is 13.8. The van der Waals surface area contributed by atoms with Crippen molar-refractivity contribution in [3.63, 3.8) is 0 Å². The maximum Gasteiger partial charge on any atom is 0.240 e. The van der Waals surface area contributed by atoms with Gasteiger partial charge in [0.2, 0.25) is 10.0 Å². The minimum absolute atomic E-state index is 0.117. The molecule has 0 spiro atoms. The van der Waals surface area contributed by atoms with E-state index in [1.165, 1.54) is 26.4 Å². The van der Waals surface area contributed by atoms with Crippen molar-refractivity contribution >= 4 is 21.0 Å². The number of para-hydroxylation sites is 1. The third kappa shape index (κ3) is 3.84. The van der Waals surface area contributed by atoms with Crippen LogP contribution >= 0.6 is 0 Å². The Morgan fingerprint density at radius 3 is 2.46 bits per heavy atom. The van der Waals surface area contributed by atoms with Gasteiger partial charge < -0.3 is 13.9 Å². The van der Waals surface area contributed by atoms with Gasteiger partial charge in [-0.3, -0.25) is 0 Å². The number of furan rings is 1. The predicted molar refractivity (Wildman–Crippen MR) is 99.2 cm³/mol. The number of hydrogen-bond donors (Lipinski definition) is 1. The summed E-state index contributed by atoms with van der Waals surface area (Å²) in [5.41, 5.74) is 0.789. The van der Waals surface area contributed by atoms with Crippen LogP contribution in [0.3, 0.4) is 0 Å². The number of hydrogen-bond acceptors (Lipinski definition) is 5. The van der Waals surface area contributed by atoms with Crippen molar-refractivity contribution in [1.29, 1.82) is 0 Å². The van der Waals surface area contributed by atoms with Crippen LogP contribution in [0.2, 0.25) is 0 Å². The van der Waals surface area contributed by atoms with E-state index >= 15 is 0 Å². The first kappa shape index (κ1) is 18.3. The zero-order valence-corrected chi connectivity index (χ0v) is 15.7. The highest BCUT2D eigenvalue weighted by atomic mass is 32.2. The van der Waals surface area contributed by atoms with E-state index < -0.39 is 10.0 Å². The first-order chi connectivity index (χ1) is 12.4. The quantitative estimate of drug-likeness (QED) is 0.685. The van der Waals surface area contributed by atoms with Crippen LogP contribution in [0, 0.1) is 0 Å². The van der Waals surface area contributed by atoms with Crippen LogP contribution in [0.25, 0.3) is 11.0 Å². The van der Waals surface area contributed by atoms with Gasteiger partial charge in [-0.15, -0.1) is 0 Å². The van der Waals surface area contributed by atoms with Gasteiger partial charge in [-0.1, -0.05) is 18.2 Å². The Labute approximate surface area is 152 Å². The van der Waals surface area contributed by atoms with Crippen molar-refractivity contribution in [2.24, 2.45) is 0 Å². The minimum Gasteiger partial charge on any atom is -0.493 e. The topological polar surface area (TPSA) is 77.8 Å². The molecule has 1 heterocycles. The number of rotatable bonds is 7. The zero-order valence-electron chi connectivity index (χ0n) is 14.9. The van der Waals surface area contributed by atoms with Crippen molar-refractivity contribution in [3.8, 4) is 11.5 Å². The molecule has 1 aromatic heterocycles. The third-order valence-electron chi connectivity index (χ3n) is 4.01. The van der Waals surface area contributed by atoms with E-state index in [1.807, 2.05) is 30.3 Å². The van der Waals surface area contributed by atoms with Crippen LogP contribution in [-0.2, 0) is 16.4 Å². The van der Waals surface area contributed by atoms with E-state index in [1.54, 1.807) is 13.0 Å². The molecule has 0 amide bonds. The fraction of sp³-hybridized carbons (Fsp3) is 0.263. The molecule has 3 aromatic rings. The summed E-state index contributed by atoms with van der Waals surface area (Å²) in [6.45, 7) is 1.80. The van der Waals surface area contributed by atoms with Crippen LogP contribution in [0.15, 0.2) is 57.8 Å². The zero-order chi connectivity index (χ0) is 18.7. The molecule has 0 aliphatic heterocycles. The predicted octanol–water partition coefficient (Wildman–Crippen LogP) is 3.36. The van der Waals surface area contributed by atoms with E-state index in [0.717, 1.165) is 16.7 Å². The highest BCUT2D eigenvalue weighted by Crippen LogP contribution is 2.29. The summed E-state index contributed by atoms with van der Waals surface area (Å²) in [6.07, 6.45) is 0.446. The van der Waals surface area contributed by atoms with E-state index in [-0.39, 0.29) is 10.9 Å². The molecular weight excluding hydrogens is 354 g/mol. The summed E-state index contributed by atoms with van der Waals surface area (Å²) in [4.78, 5) is 0.117. The average Bonchev–Trinajstić information content (AvgIpc) is 3.02. The lowest BCUT2D eigenvalue weighted by atomic mass is 10.2. The molecule has 6 nitrogen and oxygen atoms in total. The van der Waals surface area contributed by atoms with Gasteiger partial charge in [0, 0.05) is 23.9 Å². The van der Waals surface area contributed by atoms with Gasteiger partial charge in [-0.05, 0) is 31.2 Å². The molecule has 0 fully saturated rings. The number of sulfonamides is 1. The SMILES string of the molecule is COc1ccc(S(=O)(=O)N[C@H](C)Cc2cc3ccccc3o2)cc1OC. The van der Waals surface area contributed by atoms with Gasteiger partial charge in [0.25, 0.3) is 0 Å². The number of benzene rings is 2. The normalized spacial score (nSPS) is 12.9. The highest BCUT2D eigenvalue weighted by molar-refractivity contribution is 7.89. The first-order valence-electron chi connectivity index (χ1n) is 8.15. The highest BCUT2D eigenvalue weighted by Gasteiger charge is 2.20. The van der Waals surface area contributed by atoms with Crippen LogP contribution in [0.5, 0.6) is 11.5 Å². The van der Waals surface area contributed by atoms with Crippen LogP contribution in [-0.4, -0.2) is 28.7 Å².